The number of benzene rings is 2. The van der Waals surface area contributed by atoms with Crippen molar-refractivity contribution in [2.24, 2.45) is 10.1 Å². The van der Waals surface area contributed by atoms with E-state index in [0.29, 0.717) is 22.4 Å². The number of amides is 1. The monoisotopic (exact) mass is 424 g/mol. The van der Waals surface area contributed by atoms with E-state index in [1.807, 2.05) is 42.5 Å². The Labute approximate surface area is 179 Å². The molecular weight excluding hydrogens is 400 g/mol. The van der Waals surface area contributed by atoms with Gasteiger partial charge < -0.3 is 9.47 Å². The maximum atomic E-state index is 13.1. The van der Waals surface area contributed by atoms with Crippen molar-refractivity contribution < 1.29 is 14.3 Å². The highest BCUT2D eigenvalue weighted by Crippen LogP contribution is 2.37. The average molecular weight is 425 g/mol. The number of fused-ring (bicyclic) bond motifs is 2. The summed E-state index contributed by atoms with van der Waals surface area (Å²) in [6, 6.07) is 13.2. The Kier molecular flexibility index (Phi) is 5.94. The van der Waals surface area contributed by atoms with Crippen molar-refractivity contribution in [3.05, 3.63) is 58.6 Å². The summed E-state index contributed by atoms with van der Waals surface area (Å²) in [6.07, 6.45) is 1.59. The van der Waals surface area contributed by atoms with Gasteiger partial charge >= 0.3 is 0 Å². The van der Waals surface area contributed by atoms with Gasteiger partial charge in [0, 0.05) is 16.5 Å². The summed E-state index contributed by atoms with van der Waals surface area (Å²) in [5, 5.41) is 11.5. The second-order valence-electron chi connectivity index (χ2n) is 6.88. The van der Waals surface area contributed by atoms with Crippen LogP contribution in [-0.4, -0.2) is 36.1 Å². The van der Waals surface area contributed by atoms with Crippen LogP contribution >= 0.6 is 11.8 Å². The Morgan fingerprint density at radius 2 is 2.00 bits per heavy atom. The van der Waals surface area contributed by atoms with Crippen LogP contribution in [0.1, 0.15) is 31.5 Å². The van der Waals surface area contributed by atoms with Gasteiger partial charge in [0.15, 0.2) is 11.3 Å². The van der Waals surface area contributed by atoms with E-state index >= 15 is 0 Å². The number of amidine groups is 1. The van der Waals surface area contributed by atoms with Crippen molar-refractivity contribution in [1.29, 1.82) is 0 Å². The summed E-state index contributed by atoms with van der Waals surface area (Å²) in [6.45, 7) is 2.14. The van der Waals surface area contributed by atoms with Crippen LogP contribution in [-0.2, 0) is 4.79 Å². The number of unbranched alkanes of at least 4 members (excludes halogenated alkanes) is 1. The summed E-state index contributed by atoms with van der Waals surface area (Å²) in [5.41, 5.74) is 1.26. The summed E-state index contributed by atoms with van der Waals surface area (Å²) in [7, 11) is 3.23. The van der Waals surface area contributed by atoms with Crippen LogP contribution in [0.5, 0.6) is 11.5 Å². The Hall–Kier alpha value is -3.00. The van der Waals surface area contributed by atoms with Gasteiger partial charge in [-0.2, -0.15) is 0 Å². The average Bonchev–Trinajstić information content (AvgIpc) is 2.78. The third kappa shape index (κ3) is 3.75. The normalized spacial score (nSPS) is 17.4. The molecule has 0 saturated carbocycles. The molecule has 0 bridgehead atoms. The summed E-state index contributed by atoms with van der Waals surface area (Å²) in [5.74, 6) is 2.05. The Bertz CT molecular complexity index is 1120. The molecule has 0 aromatic heterocycles. The molecule has 2 aromatic rings. The van der Waals surface area contributed by atoms with Crippen molar-refractivity contribution in [1.82, 2.24) is 10.3 Å². The van der Waals surface area contributed by atoms with E-state index in [-0.39, 0.29) is 5.91 Å². The SMILES string of the molecule is CCCCSC1=NN2C(=c3ccccc3=NC2c2cc(OC)ccc2OC)C(=O)N1. The van der Waals surface area contributed by atoms with E-state index in [4.69, 9.17) is 19.6 Å². The summed E-state index contributed by atoms with van der Waals surface area (Å²) < 4.78 is 11.0. The first-order valence-electron chi connectivity index (χ1n) is 9.87. The van der Waals surface area contributed by atoms with Gasteiger partial charge in [0.05, 0.1) is 19.6 Å². The molecule has 7 nitrogen and oxygen atoms in total. The van der Waals surface area contributed by atoms with Crippen molar-refractivity contribution in [3.63, 3.8) is 0 Å². The lowest BCUT2D eigenvalue weighted by Crippen LogP contribution is -2.50. The number of ether oxygens (including phenoxy) is 2. The fourth-order valence-electron chi connectivity index (χ4n) is 3.45. The molecule has 1 N–H and O–H groups in total. The molecule has 1 atom stereocenters. The number of hydrazone groups is 1. The summed E-state index contributed by atoms with van der Waals surface area (Å²) >= 11 is 1.54. The number of para-hydroxylation sites is 1. The molecule has 1 amide bonds. The first-order valence-corrected chi connectivity index (χ1v) is 10.9. The van der Waals surface area contributed by atoms with Crippen LogP contribution in [0, 0.1) is 0 Å². The maximum Gasteiger partial charge on any atom is 0.276 e. The van der Waals surface area contributed by atoms with E-state index in [0.717, 1.165) is 34.7 Å². The Balaban J connectivity index is 1.88. The van der Waals surface area contributed by atoms with Crippen molar-refractivity contribution >= 4 is 28.5 Å². The van der Waals surface area contributed by atoms with E-state index in [2.05, 4.69) is 12.2 Å². The fraction of sp³-hybridized carbons (Fsp3) is 0.318. The molecule has 0 fully saturated rings. The van der Waals surface area contributed by atoms with E-state index in [9.17, 15) is 4.79 Å². The number of thioether (sulfide) groups is 1. The molecule has 0 radical (unpaired) electrons. The van der Waals surface area contributed by atoms with Gasteiger partial charge in [-0.25, -0.2) is 5.01 Å². The second kappa shape index (κ2) is 8.79. The molecule has 8 heteroatoms. The van der Waals surface area contributed by atoms with Gasteiger partial charge in [-0.1, -0.05) is 43.3 Å². The van der Waals surface area contributed by atoms with E-state index < -0.39 is 6.17 Å². The van der Waals surface area contributed by atoms with Gasteiger partial charge in [-0.05, 0) is 30.7 Å². The van der Waals surface area contributed by atoms with Gasteiger partial charge in [0.1, 0.15) is 17.2 Å². The molecule has 30 heavy (non-hydrogen) atoms. The highest BCUT2D eigenvalue weighted by Gasteiger charge is 2.35. The number of methoxy groups -OCH3 is 2. The lowest BCUT2D eigenvalue weighted by molar-refractivity contribution is -0.116. The largest absolute Gasteiger partial charge is 0.497 e. The minimum atomic E-state index is -0.548. The number of nitrogens with zero attached hydrogens (tertiary/aromatic N) is 3. The molecule has 4 rings (SSSR count). The first kappa shape index (κ1) is 20.3. The molecular formula is C22H24N4O3S. The molecule has 156 valence electrons. The van der Waals surface area contributed by atoms with Gasteiger partial charge in [-0.3, -0.25) is 15.1 Å². The van der Waals surface area contributed by atoms with Crippen LogP contribution in [0.25, 0.3) is 5.70 Å². The highest BCUT2D eigenvalue weighted by atomic mass is 32.2. The first-order chi connectivity index (χ1) is 14.7. The number of carbonyl (C=O) groups is 1. The third-order valence-electron chi connectivity index (χ3n) is 4.97. The third-order valence-corrected chi connectivity index (χ3v) is 5.92. The number of nitrogens with one attached hydrogen (secondary N) is 1. The Morgan fingerprint density at radius 1 is 1.17 bits per heavy atom. The minimum Gasteiger partial charge on any atom is -0.497 e. The zero-order chi connectivity index (χ0) is 21.1. The van der Waals surface area contributed by atoms with Crippen LogP contribution < -0.4 is 25.4 Å². The number of carbonyl (C=O) groups excluding carboxylic acids is 1. The molecule has 2 aliphatic rings. The molecule has 2 aromatic carbocycles. The van der Waals surface area contributed by atoms with Crippen molar-refractivity contribution in [3.8, 4) is 11.5 Å². The summed E-state index contributed by atoms with van der Waals surface area (Å²) in [4.78, 5) is 18.0. The molecule has 2 heterocycles. The number of rotatable bonds is 6. The highest BCUT2D eigenvalue weighted by molar-refractivity contribution is 8.13. The lowest BCUT2D eigenvalue weighted by Gasteiger charge is -2.34. The van der Waals surface area contributed by atoms with Crippen molar-refractivity contribution in [2.45, 2.75) is 25.9 Å². The molecule has 0 saturated heterocycles. The topological polar surface area (TPSA) is 75.5 Å². The minimum absolute atomic E-state index is 0.182. The van der Waals surface area contributed by atoms with Gasteiger partial charge in [0.2, 0.25) is 0 Å². The predicted octanol–water partition coefficient (Wildman–Crippen LogP) is 2.38. The van der Waals surface area contributed by atoms with E-state index in [1.165, 1.54) is 0 Å². The second-order valence-corrected chi connectivity index (χ2v) is 7.97. The van der Waals surface area contributed by atoms with Gasteiger partial charge in [-0.15, -0.1) is 5.10 Å². The molecule has 0 aliphatic carbocycles. The zero-order valence-electron chi connectivity index (χ0n) is 17.2. The van der Waals surface area contributed by atoms with Crippen LogP contribution in [0.15, 0.2) is 52.6 Å². The van der Waals surface area contributed by atoms with Crippen LogP contribution in [0.3, 0.4) is 0 Å². The molecule has 1 unspecified atom stereocenters. The molecule has 2 aliphatic heterocycles. The zero-order valence-corrected chi connectivity index (χ0v) is 18.0. The molecule has 0 spiro atoms. The smallest absolute Gasteiger partial charge is 0.276 e. The standard InChI is InChI=1S/C22H24N4O3S/c1-4-5-12-30-22-24-21(27)19-15-8-6-7-9-17(15)23-20(26(19)25-22)16-13-14(28-2)10-11-18(16)29-3/h6-11,13,20H,4-5,12H2,1-3H3,(H,24,25,27). The predicted molar refractivity (Wildman–Crippen MR) is 118 cm³/mol. The van der Waals surface area contributed by atoms with Gasteiger partial charge in [0.25, 0.3) is 5.91 Å². The van der Waals surface area contributed by atoms with Crippen LogP contribution in [0.4, 0.5) is 0 Å². The lowest BCUT2D eigenvalue weighted by atomic mass is 10.1. The quantitative estimate of drug-likeness (QED) is 0.721. The number of hydrogen-bond acceptors (Lipinski definition) is 7. The fourth-order valence-corrected chi connectivity index (χ4v) is 4.39. The number of hydrogen-bond donors (Lipinski definition) is 1. The van der Waals surface area contributed by atoms with E-state index in [1.54, 1.807) is 31.0 Å². The van der Waals surface area contributed by atoms with Crippen molar-refractivity contribution in [2.75, 3.05) is 20.0 Å². The Morgan fingerprint density at radius 3 is 2.77 bits per heavy atom. The van der Waals surface area contributed by atoms with Crippen LogP contribution in [0.2, 0.25) is 0 Å². The maximum absolute atomic E-state index is 13.1.